The van der Waals surface area contributed by atoms with E-state index in [1.165, 1.54) is 6.07 Å². The molecule has 2 rings (SSSR count). The topological polar surface area (TPSA) is 65.2 Å². The summed E-state index contributed by atoms with van der Waals surface area (Å²) in [4.78, 5) is 29.4. The Morgan fingerprint density at radius 1 is 1.26 bits per heavy atom. The molecule has 1 heterocycles. The predicted molar refractivity (Wildman–Crippen MR) is 96.9 cm³/mol. The first-order valence-electron chi connectivity index (χ1n) is 7.38. The van der Waals surface area contributed by atoms with Crippen LogP contribution in [0.4, 0.5) is 0 Å². The van der Waals surface area contributed by atoms with Gasteiger partial charge in [0.15, 0.2) is 5.43 Å². The molecule has 1 aromatic heterocycles. The van der Waals surface area contributed by atoms with E-state index >= 15 is 0 Å². The predicted octanol–water partition coefficient (Wildman–Crippen LogP) is 2.67. The Balaban J connectivity index is 0.00000264. The van der Waals surface area contributed by atoms with E-state index in [4.69, 9.17) is 11.6 Å². The summed E-state index contributed by atoms with van der Waals surface area (Å²) >= 11 is 5.88. The highest BCUT2D eigenvalue weighted by Gasteiger charge is 2.10. The second-order valence-corrected chi connectivity index (χ2v) is 5.46. The number of amides is 1. The van der Waals surface area contributed by atoms with Crippen LogP contribution in [0.3, 0.4) is 0 Å². The number of hydrogen-bond donors (Lipinski definition) is 2. The van der Waals surface area contributed by atoms with Crippen LogP contribution in [-0.4, -0.2) is 42.0 Å². The normalized spacial score (nSPS) is 10.6. The molecule has 0 atom stereocenters. The van der Waals surface area contributed by atoms with Crippen molar-refractivity contribution < 1.29 is 4.79 Å². The number of benzene rings is 1. The first kappa shape index (κ1) is 19.5. The number of fused-ring (bicyclic) bond motifs is 1. The summed E-state index contributed by atoms with van der Waals surface area (Å²) in [7, 11) is 0. The standard InChI is InChI=1S/C16H20ClN3O2.ClH/c1-3-20(4-2)8-7-18-16(22)14-10-15(21)12-9-11(17)5-6-13(12)19-14;/h5-6,9-10H,3-4,7-8H2,1-2H3,(H,18,22)(H,19,21);1H. The van der Waals surface area contributed by atoms with E-state index in [1.807, 2.05) is 0 Å². The van der Waals surface area contributed by atoms with Crippen LogP contribution in [0.1, 0.15) is 24.3 Å². The molecule has 0 aliphatic carbocycles. The Bertz CT molecular complexity index is 727. The van der Waals surface area contributed by atoms with Gasteiger partial charge in [0, 0.05) is 35.1 Å². The molecular formula is C16H21Cl2N3O2. The number of hydrogen-bond acceptors (Lipinski definition) is 3. The van der Waals surface area contributed by atoms with Crippen LogP contribution in [0.5, 0.6) is 0 Å². The Hall–Kier alpha value is -1.56. The molecule has 0 fully saturated rings. The molecule has 0 saturated heterocycles. The molecule has 5 nitrogen and oxygen atoms in total. The summed E-state index contributed by atoms with van der Waals surface area (Å²) in [6, 6.07) is 6.29. The summed E-state index contributed by atoms with van der Waals surface area (Å²) in [5.74, 6) is -0.277. The molecular weight excluding hydrogens is 337 g/mol. The Morgan fingerprint density at radius 2 is 1.96 bits per heavy atom. The third-order valence-corrected chi connectivity index (χ3v) is 3.88. The third kappa shape index (κ3) is 4.96. The van der Waals surface area contributed by atoms with E-state index in [9.17, 15) is 9.59 Å². The molecule has 2 N–H and O–H groups in total. The number of pyridine rings is 1. The van der Waals surface area contributed by atoms with Crippen LogP contribution >= 0.6 is 24.0 Å². The van der Waals surface area contributed by atoms with Crippen molar-refractivity contribution in [2.45, 2.75) is 13.8 Å². The maximum Gasteiger partial charge on any atom is 0.267 e. The van der Waals surface area contributed by atoms with Gasteiger partial charge in [-0.15, -0.1) is 12.4 Å². The maximum absolute atomic E-state index is 12.1. The van der Waals surface area contributed by atoms with Gasteiger partial charge in [-0.1, -0.05) is 25.4 Å². The Kier molecular flexibility index (Phi) is 7.55. The molecule has 1 amide bonds. The van der Waals surface area contributed by atoms with Crippen molar-refractivity contribution in [3.05, 3.63) is 45.2 Å². The lowest BCUT2D eigenvalue weighted by Crippen LogP contribution is -2.35. The molecule has 0 spiro atoms. The van der Waals surface area contributed by atoms with E-state index < -0.39 is 0 Å². The highest BCUT2D eigenvalue weighted by Crippen LogP contribution is 2.15. The number of H-pyrrole nitrogens is 1. The summed E-state index contributed by atoms with van der Waals surface area (Å²) in [5, 5.41) is 3.80. The first-order valence-corrected chi connectivity index (χ1v) is 7.76. The molecule has 1 aromatic carbocycles. The van der Waals surface area contributed by atoms with Gasteiger partial charge in [0.25, 0.3) is 5.91 Å². The molecule has 0 aliphatic heterocycles. The lowest BCUT2D eigenvalue weighted by atomic mass is 10.2. The lowest BCUT2D eigenvalue weighted by Gasteiger charge is -2.17. The van der Waals surface area contributed by atoms with Gasteiger partial charge in [0.2, 0.25) is 0 Å². The zero-order valence-electron chi connectivity index (χ0n) is 13.2. The minimum Gasteiger partial charge on any atom is -0.350 e. The van der Waals surface area contributed by atoms with Gasteiger partial charge in [-0.2, -0.15) is 0 Å². The molecule has 0 bridgehead atoms. The molecule has 0 aliphatic rings. The maximum atomic E-state index is 12.1. The van der Waals surface area contributed by atoms with Gasteiger partial charge in [-0.3, -0.25) is 9.59 Å². The number of carbonyl (C=O) groups is 1. The summed E-state index contributed by atoms with van der Waals surface area (Å²) < 4.78 is 0. The lowest BCUT2D eigenvalue weighted by molar-refractivity contribution is 0.0944. The quantitative estimate of drug-likeness (QED) is 0.835. The van der Waals surface area contributed by atoms with E-state index in [2.05, 4.69) is 29.0 Å². The van der Waals surface area contributed by atoms with Gasteiger partial charge in [0.05, 0.1) is 0 Å². The molecule has 23 heavy (non-hydrogen) atoms. The van der Waals surface area contributed by atoms with E-state index in [0.29, 0.717) is 22.5 Å². The van der Waals surface area contributed by atoms with Crippen molar-refractivity contribution in [3.63, 3.8) is 0 Å². The first-order chi connectivity index (χ1) is 10.5. The number of aromatic nitrogens is 1. The number of halogens is 2. The molecule has 2 aromatic rings. The fraction of sp³-hybridized carbons (Fsp3) is 0.375. The molecule has 7 heteroatoms. The van der Waals surface area contributed by atoms with Gasteiger partial charge in [-0.25, -0.2) is 0 Å². The second kappa shape index (κ2) is 8.91. The van der Waals surface area contributed by atoms with Crippen molar-refractivity contribution in [1.82, 2.24) is 15.2 Å². The van der Waals surface area contributed by atoms with Crippen LogP contribution < -0.4 is 10.7 Å². The average Bonchev–Trinajstić information content (AvgIpc) is 2.52. The van der Waals surface area contributed by atoms with Gasteiger partial charge in [0.1, 0.15) is 5.69 Å². The van der Waals surface area contributed by atoms with Crippen LogP contribution in [0.15, 0.2) is 29.1 Å². The van der Waals surface area contributed by atoms with Gasteiger partial charge < -0.3 is 15.2 Å². The van der Waals surface area contributed by atoms with Crippen molar-refractivity contribution in [2.24, 2.45) is 0 Å². The summed E-state index contributed by atoms with van der Waals surface area (Å²) in [6.45, 7) is 7.38. The zero-order valence-corrected chi connectivity index (χ0v) is 14.8. The smallest absolute Gasteiger partial charge is 0.267 e. The van der Waals surface area contributed by atoms with E-state index in [1.54, 1.807) is 18.2 Å². The van der Waals surface area contributed by atoms with Crippen molar-refractivity contribution >= 4 is 40.8 Å². The highest BCUT2D eigenvalue weighted by molar-refractivity contribution is 6.31. The molecule has 0 unspecified atom stereocenters. The molecule has 126 valence electrons. The fourth-order valence-electron chi connectivity index (χ4n) is 2.30. The van der Waals surface area contributed by atoms with Crippen molar-refractivity contribution in [2.75, 3.05) is 26.2 Å². The van der Waals surface area contributed by atoms with Gasteiger partial charge in [-0.05, 0) is 31.3 Å². The Morgan fingerprint density at radius 3 is 2.61 bits per heavy atom. The SMILES string of the molecule is CCN(CC)CCNC(=O)c1cc(=O)c2cc(Cl)ccc2[nH]1.Cl. The molecule has 0 radical (unpaired) electrons. The zero-order chi connectivity index (χ0) is 16.1. The third-order valence-electron chi connectivity index (χ3n) is 3.64. The number of nitrogens with one attached hydrogen (secondary N) is 2. The van der Waals surface area contributed by atoms with Crippen LogP contribution in [0, 0.1) is 0 Å². The van der Waals surface area contributed by atoms with Crippen molar-refractivity contribution in [3.8, 4) is 0 Å². The number of nitrogens with zero attached hydrogens (tertiary/aromatic N) is 1. The average molecular weight is 358 g/mol. The highest BCUT2D eigenvalue weighted by atomic mass is 35.5. The fourth-order valence-corrected chi connectivity index (χ4v) is 2.48. The van der Waals surface area contributed by atoms with Crippen LogP contribution in [0.25, 0.3) is 10.9 Å². The van der Waals surface area contributed by atoms with Gasteiger partial charge >= 0.3 is 0 Å². The van der Waals surface area contributed by atoms with E-state index in [-0.39, 0.29) is 29.4 Å². The molecule has 0 saturated carbocycles. The summed E-state index contributed by atoms with van der Waals surface area (Å²) in [6.07, 6.45) is 0. The number of carbonyl (C=O) groups excluding carboxylic acids is 1. The van der Waals surface area contributed by atoms with Crippen molar-refractivity contribution in [1.29, 1.82) is 0 Å². The van der Waals surface area contributed by atoms with Crippen LogP contribution in [0.2, 0.25) is 5.02 Å². The summed E-state index contributed by atoms with van der Waals surface area (Å²) in [5.41, 5.74) is 0.648. The minimum atomic E-state index is -0.277. The number of aromatic amines is 1. The van der Waals surface area contributed by atoms with Crippen LogP contribution in [-0.2, 0) is 0 Å². The second-order valence-electron chi connectivity index (χ2n) is 5.02. The number of rotatable bonds is 6. The Labute approximate surface area is 146 Å². The monoisotopic (exact) mass is 357 g/mol. The minimum absolute atomic E-state index is 0. The number of likely N-dealkylation sites (N-methyl/N-ethyl adjacent to an activating group) is 1. The van der Waals surface area contributed by atoms with E-state index in [0.717, 1.165) is 19.6 Å². The largest absolute Gasteiger partial charge is 0.350 e.